The van der Waals surface area contributed by atoms with Crippen molar-refractivity contribution < 1.29 is 28.6 Å². The van der Waals surface area contributed by atoms with Crippen LogP contribution < -0.4 is 20.9 Å². The molecule has 3 N–H and O–H groups in total. The van der Waals surface area contributed by atoms with E-state index < -0.39 is 41.0 Å². The standard InChI is InChI=1S/C26H37FN4O6/c1-6-8-10-19(32)37-21-20(22(33)28-16-17-11-13-18(27)14-12-17)29-24(31(5)23(21)34)26(3,4)30-25(35)36-15-9-7-2/h11-14,19,32H,6-10,15-16H2,1-5H3,(H,28,33)(H,30,35). The first-order valence-electron chi connectivity index (χ1n) is 12.4. The monoisotopic (exact) mass is 520 g/mol. The number of carbonyl (C=O) groups excluding carboxylic acids is 2. The molecular weight excluding hydrogens is 483 g/mol. The fourth-order valence-electron chi connectivity index (χ4n) is 3.50. The number of nitrogens with zero attached hydrogens (tertiary/aromatic N) is 2. The van der Waals surface area contributed by atoms with Crippen LogP contribution in [0.2, 0.25) is 0 Å². The number of benzene rings is 1. The largest absolute Gasteiger partial charge is 0.457 e. The molecule has 2 amide bonds. The average molecular weight is 521 g/mol. The Balaban J connectivity index is 2.42. The molecule has 0 aliphatic heterocycles. The predicted molar refractivity (Wildman–Crippen MR) is 136 cm³/mol. The predicted octanol–water partition coefficient (Wildman–Crippen LogP) is 3.50. The summed E-state index contributed by atoms with van der Waals surface area (Å²) in [7, 11) is 1.43. The van der Waals surface area contributed by atoms with Crippen molar-refractivity contribution in [2.24, 2.45) is 7.05 Å². The molecule has 0 spiro atoms. The zero-order chi connectivity index (χ0) is 27.6. The van der Waals surface area contributed by atoms with E-state index in [0.717, 1.165) is 17.4 Å². The number of aliphatic hydroxyl groups excluding tert-OH is 1. The molecule has 1 aromatic carbocycles. The van der Waals surface area contributed by atoms with Crippen LogP contribution in [-0.2, 0) is 23.9 Å². The topological polar surface area (TPSA) is 132 Å². The minimum absolute atomic E-state index is 0.0363. The van der Waals surface area contributed by atoms with Crippen molar-refractivity contribution in [1.82, 2.24) is 20.2 Å². The SMILES string of the molecule is CCCCOC(=O)NC(C)(C)c1nc(C(=O)NCc2ccc(F)cc2)c(OC(O)CCCC)c(=O)n1C. The van der Waals surface area contributed by atoms with Gasteiger partial charge in [0.05, 0.1) is 12.1 Å². The van der Waals surface area contributed by atoms with Crippen LogP contribution in [0.1, 0.15) is 81.7 Å². The molecule has 2 rings (SSSR count). The van der Waals surface area contributed by atoms with E-state index in [1.165, 1.54) is 31.3 Å². The summed E-state index contributed by atoms with van der Waals surface area (Å²) >= 11 is 0. The van der Waals surface area contributed by atoms with Crippen LogP contribution in [0.25, 0.3) is 0 Å². The number of alkyl carbamates (subject to hydrolysis) is 1. The molecule has 0 aliphatic carbocycles. The van der Waals surface area contributed by atoms with E-state index in [1.54, 1.807) is 13.8 Å². The minimum atomic E-state index is -1.32. The van der Waals surface area contributed by atoms with Crippen molar-refractivity contribution in [2.45, 2.75) is 78.2 Å². The molecule has 1 atom stereocenters. The zero-order valence-electron chi connectivity index (χ0n) is 22.1. The molecule has 204 valence electrons. The second-order valence-corrected chi connectivity index (χ2v) is 9.24. The Labute approximate surface area is 216 Å². The molecule has 0 fully saturated rings. The van der Waals surface area contributed by atoms with Gasteiger partial charge in [0.1, 0.15) is 11.6 Å². The molecular formula is C26H37FN4O6. The Morgan fingerprint density at radius 2 is 1.81 bits per heavy atom. The van der Waals surface area contributed by atoms with Crippen molar-refractivity contribution in [1.29, 1.82) is 0 Å². The zero-order valence-corrected chi connectivity index (χ0v) is 22.1. The summed E-state index contributed by atoms with van der Waals surface area (Å²) in [4.78, 5) is 43.2. The molecule has 1 unspecified atom stereocenters. The Morgan fingerprint density at radius 1 is 1.16 bits per heavy atom. The number of rotatable bonds is 13. The van der Waals surface area contributed by atoms with Gasteiger partial charge in [-0.15, -0.1) is 0 Å². The van der Waals surface area contributed by atoms with Gasteiger partial charge in [0.2, 0.25) is 5.75 Å². The van der Waals surface area contributed by atoms with Crippen molar-refractivity contribution in [3.8, 4) is 5.75 Å². The first kappa shape index (κ1) is 29.8. The van der Waals surface area contributed by atoms with Gasteiger partial charge in [-0.05, 0) is 44.4 Å². The van der Waals surface area contributed by atoms with Crippen LogP contribution in [0, 0.1) is 5.82 Å². The Hall–Kier alpha value is -3.47. The number of nitrogens with one attached hydrogen (secondary N) is 2. The number of hydrogen-bond acceptors (Lipinski definition) is 7. The summed E-state index contributed by atoms with van der Waals surface area (Å²) in [6, 6.07) is 5.56. The summed E-state index contributed by atoms with van der Waals surface area (Å²) < 4.78 is 25.0. The van der Waals surface area contributed by atoms with Gasteiger partial charge in [0, 0.05) is 20.0 Å². The Bertz CT molecular complexity index is 1120. The summed E-state index contributed by atoms with van der Waals surface area (Å²) in [5, 5.41) is 15.6. The molecule has 0 saturated heterocycles. The Morgan fingerprint density at radius 3 is 2.43 bits per heavy atom. The lowest BCUT2D eigenvalue weighted by atomic mass is 10.0. The minimum Gasteiger partial charge on any atom is -0.457 e. The van der Waals surface area contributed by atoms with Crippen LogP contribution >= 0.6 is 0 Å². The van der Waals surface area contributed by atoms with E-state index in [-0.39, 0.29) is 31.1 Å². The highest BCUT2D eigenvalue weighted by Gasteiger charge is 2.32. The number of amides is 2. The molecule has 1 heterocycles. The quantitative estimate of drug-likeness (QED) is 0.272. The van der Waals surface area contributed by atoms with E-state index in [1.807, 2.05) is 13.8 Å². The summed E-state index contributed by atoms with van der Waals surface area (Å²) in [5.74, 6) is -1.48. The van der Waals surface area contributed by atoms with Crippen molar-refractivity contribution in [3.63, 3.8) is 0 Å². The molecule has 0 bridgehead atoms. The van der Waals surface area contributed by atoms with E-state index in [4.69, 9.17) is 9.47 Å². The molecule has 1 aromatic heterocycles. The van der Waals surface area contributed by atoms with Crippen molar-refractivity contribution >= 4 is 12.0 Å². The van der Waals surface area contributed by atoms with Gasteiger partial charge in [-0.2, -0.15) is 0 Å². The fourth-order valence-corrected chi connectivity index (χ4v) is 3.50. The van der Waals surface area contributed by atoms with E-state index in [9.17, 15) is 23.9 Å². The maximum absolute atomic E-state index is 13.3. The molecule has 0 aliphatic rings. The number of aromatic nitrogens is 2. The number of ether oxygens (including phenoxy) is 2. The summed E-state index contributed by atoms with van der Waals surface area (Å²) in [6.45, 7) is 7.42. The molecule has 37 heavy (non-hydrogen) atoms. The van der Waals surface area contributed by atoms with Crippen LogP contribution in [0.15, 0.2) is 29.1 Å². The number of unbranched alkanes of at least 4 members (excludes halogenated alkanes) is 2. The van der Waals surface area contributed by atoms with E-state index in [2.05, 4.69) is 15.6 Å². The lowest BCUT2D eigenvalue weighted by Crippen LogP contribution is -2.46. The maximum atomic E-state index is 13.3. The lowest BCUT2D eigenvalue weighted by molar-refractivity contribution is -0.0264. The third kappa shape index (κ3) is 8.56. The van der Waals surface area contributed by atoms with E-state index in [0.29, 0.717) is 18.4 Å². The number of aliphatic hydroxyl groups is 1. The third-order valence-corrected chi connectivity index (χ3v) is 5.59. The highest BCUT2D eigenvalue weighted by Crippen LogP contribution is 2.22. The van der Waals surface area contributed by atoms with Gasteiger partial charge in [-0.25, -0.2) is 14.2 Å². The smallest absolute Gasteiger partial charge is 0.407 e. The van der Waals surface area contributed by atoms with Crippen LogP contribution in [-0.4, -0.2) is 39.6 Å². The molecule has 10 nitrogen and oxygen atoms in total. The van der Waals surface area contributed by atoms with Gasteiger partial charge in [-0.3, -0.25) is 14.2 Å². The number of carbonyl (C=O) groups is 2. The first-order valence-corrected chi connectivity index (χ1v) is 12.4. The van der Waals surface area contributed by atoms with Crippen LogP contribution in [0.4, 0.5) is 9.18 Å². The van der Waals surface area contributed by atoms with E-state index >= 15 is 0 Å². The van der Waals surface area contributed by atoms with Gasteiger partial charge >= 0.3 is 6.09 Å². The normalized spacial score (nSPS) is 12.1. The second-order valence-electron chi connectivity index (χ2n) is 9.24. The van der Waals surface area contributed by atoms with Gasteiger partial charge in [0.25, 0.3) is 11.5 Å². The van der Waals surface area contributed by atoms with Crippen molar-refractivity contribution in [2.75, 3.05) is 6.61 Å². The average Bonchev–Trinajstić information content (AvgIpc) is 2.84. The molecule has 11 heteroatoms. The number of hydrogen-bond donors (Lipinski definition) is 3. The third-order valence-electron chi connectivity index (χ3n) is 5.59. The summed E-state index contributed by atoms with van der Waals surface area (Å²) in [5.41, 5.74) is -1.63. The molecule has 2 aromatic rings. The van der Waals surface area contributed by atoms with Crippen LogP contribution in [0.3, 0.4) is 0 Å². The van der Waals surface area contributed by atoms with Gasteiger partial charge in [-0.1, -0.05) is 38.8 Å². The lowest BCUT2D eigenvalue weighted by Gasteiger charge is -2.28. The maximum Gasteiger partial charge on any atom is 0.407 e. The summed E-state index contributed by atoms with van der Waals surface area (Å²) in [6.07, 6.45) is 1.26. The number of halogens is 1. The van der Waals surface area contributed by atoms with Gasteiger partial charge < -0.3 is 25.2 Å². The highest BCUT2D eigenvalue weighted by molar-refractivity contribution is 5.94. The van der Waals surface area contributed by atoms with Crippen molar-refractivity contribution in [3.05, 3.63) is 57.5 Å². The molecule has 0 radical (unpaired) electrons. The first-order chi connectivity index (χ1) is 17.5. The van der Waals surface area contributed by atoms with Crippen LogP contribution in [0.5, 0.6) is 5.75 Å². The Kier molecular flexibility index (Phi) is 11.0. The fraction of sp³-hybridized carbons (Fsp3) is 0.538. The highest BCUT2D eigenvalue weighted by atomic mass is 19.1. The van der Waals surface area contributed by atoms with Gasteiger partial charge in [0.15, 0.2) is 12.0 Å². The second kappa shape index (κ2) is 13.7. The molecule has 0 saturated carbocycles.